The molecule has 2 aromatic heterocycles. The number of halogens is 1. The summed E-state index contributed by atoms with van der Waals surface area (Å²) in [5, 5.41) is 20.4. The summed E-state index contributed by atoms with van der Waals surface area (Å²) < 4.78 is 19.3. The van der Waals surface area contributed by atoms with Crippen molar-refractivity contribution < 1.29 is 23.6 Å². The van der Waals surface area contributed by atoms with Crippen LogP contribution in [0.1, 0.15) is 18.1 Å². The highest BCUT2D eigenvalue weighted by atomic mass is 79.9. The zero-order valence-electron chi connectivity index (χ0n) is 25.1. The van der Waals surface area contributed by atoms with Gasteiger partial charge in [-0.05, 0) is 68.4 Å². The highest BCUT2D eigenvalue weighted by Gasteiger charge is 2.24. The molecular formula is C34H26BrN5O7. The average Bonchev–Trinajstić information content (AvgIpc) is 3.48. The monoisotopic (exact) mass is 695 g/mol. The Morgan fingerprint density at radius 3 is 2.64 bits per heavy atom. The number of para-hydroxylation sites is 1. The fraction of sp³-hybridized carbons (Fsp3) is 0.118. The van der Waals surface area contributed by atoms with E-state index in [0.29, 0.717) is 27.9 Å². The van der Waals surface area contributed by atoms with Crippen LogP contribution >= 0.6 is 15.9 Å². The Kier molecular flexibility index (Phi) is 8.80. The predicted octanol–water partition coefficient (Wildman–Crippen LogP) is 7.09. The van der Waals surface area contributed by atoms with Crippen molar-refractivity contribution in [1.29, 1.82) is 0 Å². The maximum absolute atomic E-state index is 13.7. The van der Waals surface area contributed by atoms with Gasteiger partial charge in [0.15, 0.2) is 18.1 Å². The summed E-state index contributed by atoms with van der Waals surface area (Å²) in [5.74, 6) is -0.266. The summed E-state index contributed by atoms with van der Waals surface area (Å²) >= 11 is 3.45. The van der Waals surface area contributed by atoms with E-state index in [2.05, 4.69) is 31.3 Å². The van der Waals surface area contributed by atoms with Crippen molar-refractivity contribution in [3.05, 3.63) is 121 Å². The molecule has 4 aromatic carbocycles. The molecule has 0 atom stereocenters. The van der Waals surface area contributed by atoms with Crippen molar-refractivity contribution >= 4 is 61.3 Å². The summed E-state index contributed by atoms with van der Waals surface area (Å²) in [6, 6.07) is 24.0. The number of amides is 1. The SMILES string of the molecule is CCOc1cc(C=Nn2c(-c3cc4cc(Br)ccc4o3)nc3ccccc3c2=O)cc([N+](=O)[O-])c1OCC(=O)Nc1ccc(C)cc1. The highest BCUT2D eigenvalue weighted by molar-refractivity contribution is 9.10. The smallest absolute Gasteiger partial charge is 0.315 e. The van der Waals surface area contributed by atoms with Gasteiger partial charge in [-0.25, -0.2) is 4.98 Å². The molecule has 47 heavy (non-hydrogen) atoms. The van der Waals surface area contributed by atoms with E-state index < -0.39 is 28.7 Å². The molecule has 6 aromatic rings. The molecule has 0 unspecified atom stereocenters. The number of nitrogens with one attached hydrogen (secondary N) is 1. The molecule has 0 spiro atoms. The molecule has 0 saturated heterocycles. The van der Waals surface area contributed by atoms with Crippen molar-refractivity contribution in [3.8, 4) is 23.1 Å². The van der Waals surface area contributed by atoms with Gasteiger partial charge < -0.3 is 19.2 Å². The first kappa shape index (κ1) is 31.2. The molecule has 0 aliphatic carbocycles. The topological polar surface area (TPSA) is 151 Å². The van der Waals surface area contributed by atoms with Crippen LogP contribution < -0.4 is 20.3 Å². The number of nitro groups is 1. The van der Waals surface area contributed by atoms with Gasteiger partial charge in [-0.2, -0.15) is 9.78 Å². The molecule has 236 valence electrons. The predicted molar refractivity (Wildman–Crippen MR) is 181 cm³/mol. The van der Waals surface area contributed by atoms with E-state index in [0.717, 1.165) is 20.1 Å². The van der Waals surface area contributed by atoms with E-state index in [9.17, 15) is 19.7 Å². The minimum absolute atomic E-state index is 0.0263. The van der Waals surface area contributed by atoms with Crippen LogP contribution in [0.25, 0.3) is 33.5 Å². The fourth-order valence-corrected chi connectivity index (χ4v) is 5.22. The molecule has 2 heterocycles. The third-order valence-corrected chi connectivity index (χ3v) is 7.51. The number of carbonyl (C=O) groups is 1. The van der Waals surface area contributed by atoms with E-state index in [4.69, 9.17) is 13.9 Å². The van der Waals surface area contributed by atoms with Gasteiger partial charge in [-0.15, -0.1) is 0 Å². The summed E-state index contributed by atoms with van der Waals surface area (Å²) in [6.45, 7) is 3.29. The van der Waals surface area contributed by atoms with Crippen LogP contribution in [0.2, 0.25) is 0 Å². The molecule has 1 N–H and O–H groups in total. The lowest BCUT2D eigenvalue weighted by Crippen LogP contribution is -2.21. The van der Waals surface area contributed by atoms with Crippen molar-refractivity contribution in [1.82, 2.24) is 9.66 Å². The molecule has 0 aliphatic rings. The zero-order chi connectivity index (χ0) is 33.1. The van der Waals surface area contributed by atoms with Crippen LogP contribution in [0.5, 0.6) is 11.5 Å². The molecule has 0 bridgehead atoms. The van der Waals surface area contributed by atoms with Gasteiger partial charge in [0.05, 0.1) is 28.6 Å². The van der Waals surface area contributed by atoms with Crippen LogP contribution in [-0.2, 0) is 4.79 Å². The number of fused-ring (bicyclic) bond motifs is 2. The zero-order valence-corrected chi connectivity index (χ0v) is 26.7. The average molecular weight is 697 g/mol. The molecule has 12 nitrogen and oxygen atoms in total. The highest BCUT2D eigenvalue weighted by Crippen LogP contribution is 2.38. The number of benzene rings is 4. The van der Waals surface area contributed by atoms with E-state index in [-0.39, 0.29) is 29.5 Å². The third kappa shape index (κ3) is 6.75. The number of nitrogens with zero attached hydrogens (tertiary/aromatic N) is 4. The van der Waals surface area contributed by atoms with E-state index in [1.165, 1.54) is 18.3 Å². The van der Waals surface area contributed by atoms with Gasteiger partial charge in [0.2, 0.25) is 11.6 Å². The summed E-state index contributed by atoms with van der Waals surface area (Å²) in [6.07, 6.45) is 1.28. The van der Waals surface area contributed by atoms with Crippen LogP contribution in [0.15, 0.2) is 104 Å². The first-order chi connectivity index (χ1) is 22.7. The number of rotatable bonds is 10. The number of aryl methyl sites for hydroxylation is 1. The third-order valence-electron chi connectivity index (χ3n) is 7.01. The first-order valence-electron chi connectivity index (χ1n) is 14.4. The van der Waals surface area contributed by atoms with Gasteiger partial charge in [-0.3, -0.25) is 19.7 Å². The van der Waals surface area contributed by atoms with E-state index >= 15 is 0 Å². The normalized spacial score (nSPS) is 11.3. The summed E-state index contributed by atoms with van der Waals surface area (Å²) in [5.41, 5.74) is 1.93. The van der Waals surface area contributed by atoms with E-state index in [1.54, 1.807) is 55.5 Å². The molecule has 13 heteroatoms. The summed E-state index contributed by atoms with van der Waals surface area (Å²) in [4.78, 5) is 42.4. The first-order valence-corrected chi connectivity index (χ1v) is 15.2. The molecule has 0 aliphatic heterocycles. The molecule has 6 rings (SSSR count). The Hall–Kier alpha value is -5.82. The second kappa shape index (κ2) is 13.3. The Morgan fingerprint density at radius 2 is 1.87 bits per heavy atom. The minimum Gasteiger partial charge on any atom is -0.490 e. The Morgan fingerprint density at radius 1 is 1.09 bits per heavy atom. The lowest BCUT2D eigenvalue weighted by molar-refractivity contribution is -0.385. The van der Waals surface area contributed by atoms with Crippen LogP contribution in [0.3, 0.4) is 0 Å². The second-order valence-corrected chi connectivity index (χ2v) is 11.3. The molecule has 0 saturated carbocycles. The van der Waals surface area contributed by atoms with Crippen molar-refractivity contribution in [3.63, 3.8) is 0 Å². The molecular weight excluding hydrogens is 670 g/mol. The number of ether oxygens (including phenoxy) is 2. The summed E-state index contributed by atoms with van der Waals surface area (Å²) in [7, 11) is 0. The molecule has 1 amide bonds. The van der Waals surface area contributed by atoms with Gasteiger partial charge in [0.25, 0.3) is 11.5 Å². The van der Waals surface area contributed by atoms with Gasteiger partial charge in [0.1, 0.15) is 5.58 Å². The van der Waals surface area contributed by atoms with Gasteiger partial charge >= 0.3 is 5.69 Å². The number of nitro benzene ring substituents is 1. The van der Waals surface area contributed by atoms with E-state index in [1.807, 2.05) is 31.2 Å². The van der Waals surface area contributed by atoms with Gasteiger partial charge in [0, 0.05) is 27.2 Å². The lowest BCUT2D eigenvalue weighted by atomic mass is 10.2. The number of hydrogen-bond acceptors (Lipinski definition) is 9. The fourth-order valence-electron chi connectivity index (χ4n) is 4.84. The molecule has 0 radical (unpaired) electrons. The Balaban J connectivity index is 1.37. The van der Waals surface area contributed by atoms with Crippen molar-refractivity contribution in [2.75, 3.05) is 18.5 Å². The van der Waals surface area contributed by atoms with Crippen LogP contribution in [0, 0.1) is 17.0 Å². The standard InChI is InChI=1S/C34H26BrN5O7/c1-3-45-29-15-21(14-27(40(43)44)32(29)46-19-31(41)37-24-11-8-20(2)9-12-24)18-36-39-33(38-26-7-5-4-6-25(26)34(39)42)30-17-22-16-23(35)10-13-28(22)47-30/h4-18H,3,19H2,1-2H3,(H,37,41). The van der Waals surface area contributed by atoms with Crippen molar-refractivity contribution in [2.24, 2.45) is 5.10 Å². The number of carbonyl (C=O) groups excluding carboxylic acids is 1. The van der Waals surface area contributed by atoms with Crippen molar-refractivity contribution in [2.45, 2.75) is 13.8 Å². The van der Waals surface area contributed by atoms with Crippen LogP contribution in [0.4, 0.5) is 11.4 Å². The number of anilines is 1. The lowest BCUT2D eigenvalue weighted by Gasteiger charge is -2.13. The number of furan rings is 1. The number of aromatic nitrogens is 2. The van der Waals surface area contributed by atoms with Crippen LogP contribution in [-0.4, -0.2) is 39.9 Å². The Labute approximate surface area is 275 Å². The number of hydrogen-bond donors (Lipinski definition) is 1. The Bertz CT molecular complexity index is 2240. The second-order valence-electron chi connectivity index (χ2n) is 10.4. The quantitative estimate of drug-likeness (QED) is 0.0906. The van der Waals surface area contributed by atoms with Gasteiger partial charge in [-0.1, -0.05) is 45.8 Å². The minimum atomic E-state index is -0.644. The largest absolute Gasteiger partial charge is 0.490 e. The molecule has 0 fully saturated rings. The maximum Gasteiger partial charge on any atom is 0.315 e. The maximum atomic E-state index is 13.7.